The molecule has 1 aliphatic rings. The molecule has 0 radical (unpaired) electrons. The minimum absolute atomic E-state index is 0.00281. The highest BCUT2D eigenvalue weighted by molar-refractivity contribution is 9.10. The zero-order valence-corrected chi connectivity index (χ0v) is 13.5. The zero-order valence-electron chi connectivity index (χ0n) is 11.9. The number of rotatable bonds is 3. The fourth-order valence-corrected chi connectivity index (χ4v) is 3.35. The Bertz CT molecular complexity index is 459. The number of ether oxygens (including phenoxy) is 1. The van der Waals surface area contributed by atoms with Gasteiger partial charge in [0.2, 0.25) is 0 Å². The molecule has 0 spiro atoms. The molecule has 1 aliphatic carbocycles. The summed E-state index contributed by atoms with van der Waals surface area (Å²) in [6.45, 7) is 1.87. The Kier molecular flexibility index (Phi) is 4.86. The summed E-state index contributed by atoms with van der Waals surface area (Å²) in [5.41, 5.74) is 0.0872. The number of methoxy groups -OCH3 is 1. The number of carbonyl (C=O) groups is 1. The highest BCUT2D eigenvalue weighted by atomic mass is 79.9. The van der Waals surface area contributed by atoms with Crippen molar-refractivity contribution in [2.75, 3.05) is 7.11 Å². The zero-order chi connectivity index (χ0) is 14.8. The molecule has 0 aliphatic heterocycles. The minimum Gasteiger partial charge on any atom is -0.469 e. The van der Waals surface area contributed by atoms with E-state index in [0.717, 1.165) is 35.7 Å². The lowest BCUT2D eigenvalue weighted by Crippen LogP contribution is -2.36. The summed E-state index contributed by atoms with van der Waals surface area (Å²) >= 11 is 3.41. The Morgan fingerprint density at radius 2 is 1.80 bits per heavy atom. The number of carbonyl (C=O) groups excluding carboxylic acids is 1. The van der Waals surface area contributed by atoms with Crippen molar-refractivity contribution in [2.45, 2.75) is 38.2 Å². The molecule has 110 valence electrons. The van der Waals surface area contributed by atoms with E-state index in [9.17, 15) is 9.90 Å². The summed E-state index contributed by atoms with van der Waals surface area (Å²) in [5.74, 6) is 0.0632. The number of esters is 1. The predicted molar refractivity (Wildman–Crippen MR) is 81.2 cm³/mol. The van der Waals surface area contributed by atoms with Crippen LogP contribution in [0.2, 0.25) is 0 Å². The van der Waals surface area contributed by atoms with Gasteiger partial charge in [0.25, 0.3) is 0 Å². The normalized spacial score (nSPS) is 25.8. The van der Waals surface area contributed by atoms with Gasteiger partial charge in [-0.15, -0.1) is 0 Å². The summed E-state index contributed by atoms with van der Waals surface area (Å²) in [7, 11) is 1.44. The van der Waals surface area contributed by atoms with Gasteiger partial charge in [0, 0.05) is 4.47 Å². The van der Waals surface area contributed by atoms with Crippen molar-refractivity contribution >= 4 is 21.9 Å². The van der Waals surface area contributed by atoms with Gasteiger partial charge in [-0.05, 0) is 56.2 Å². The van der Waals surface area contributed by atoms with Crippen LogP contribution in [0, 0.1) is 11.8 Å². The predicted octanol–water partition coefficient (Wildman–Crippen LogP) is 3.64. The van der Waals surface area contributed by atoms with Crippen LogP contribution in [0.15, 0.2) is 28.7 Å². The Morgan fingerprint density at radius 3 is 2.30 bits per heavy atom. The smallest absolute Gasteiger partial charge is 0.308 e. The lowest BCUT2D eigenvalue weighted by Gasteiger charge is -2.37. The van der Waals surface area contributed by atoms with Crippen molar-refractivity contribution in [1.82, 2.24) is 0 Å². The number of aliphatic hydroxyl groups is 1. The molecule has 3 nitrogen and oxygen atoms in total. The van der Waals surface area contributed by atoms with Gasteiger partial charge < -0.3 is 9.84 Å². The van der Waals surface area contributed by atoms with E-state index in [1.165, 1.54) is 7.11 Å². The number of hydrogen-bond acceptors (Lipinski definition) is 3. The molecule has 0 aromatic heterocycles. The molecule has 1 N–H and O–H groups in total. The monoisotopic (exact) mass is 340 g/mol. The minimum atomic E-state index is -0.845. The first-order valence-electron chi connectivity index (χ1n) is 7.01. The van der Waals surface area contributed by atoms with Gasteiger partial charge in [0.15, 0.2) is 0 Å². The van der Waals surface area contributed by atoms with Crippen molar-refractivity contribution in [2.24, 2.45) is 11.8 Å². The fraction of sp³-hybridized carbons (Fsp3) is 0.562. The standard InChI is InChI=1S/C16H21BrO3/c1-16(19,13-7-9-14(17)10-8-13)12-5-3-11(4-6-12)15(18)20-2/h7-12,19H,3-6H2,1-2H3/t11-,12-,16?. The van der Waals surface area contributed by atoms with E-state index in [1.807, 2.05) is 31.2 Å². The van der Waals surface area contributed by atoms with Crippen LogP contribution in [0.5, 0.6) is 0 Å². The highest BCUT2D eigenvalue weighted by Gasteiger charge is 2.38. The van der Waals surface area contributed by atoms with Crippen molar-refractivity contribution in [3.63, 3.8) is 0 Å². The molecule has 0 heterocycles. The molecular formula is C16H21BrO3. The van der Waals surface area contributed by atoms with Gasteiger partial charge in [-0.3, -0.25) is 4.79 Å². The number of benzene rings is 1. The third-order valence-corrected chi connectivity index (χ3v) is 5.01. The quantitative estimate of drug-likeness (QED) is 0.854. The lowest BCUT2D eigenvalue weighted by atomic mass is 9.71. The largest absolute Gasteiger partial charge is 0.469 e. The molecule has 20 heavy (non-hydrogen) atoms. The third kappa shape index (κ3) is 3.23. The summed E-state index contributed by atoms with van der Waals surface area (Å²) in [6.07, 6.45) is 3.29. The first-order valence-corrected chi connectivity index (χ1v) is 7.80. The average molecular weight is 341 g/mol. The van der Waals surface area contributed by atoms with Gasteiger partial charge >= 0.3 is 5.97 Å². The van der Waals surface area contributed by atoms with E-state index >= 15 is 0 Å². The molecule has 1 aromatic carbocycles. The van der Waals surface area contributed by atoms with Crippen LogP contribution < -0.4 is 0 Å². The maximum absolute atomic E-state index is 11.5. The summed E-state index contributed by atoms with van der Waals surface area (Å²) < 4.78 is 5.81. The third-order valence-electron chi connectivity index (χ3n) is 4.49. The SMILES string of the molecule is COC(=O)[C@H]1CC[C@H](C(C)(O)c2ccc(Br)cc2)CC1. The molecular weight excluding hydrogens is 320 g/mol. The van der Waals surface area contributed by atoms with Crippen molar-refractivity contribution in [1.29, 1.82) is 0 Å². The van der Waals surface area contributed by atoms with Crippen LogP contribution >= 0.6 is 15.9 Å². The van der Waals surface area contributed by atoms with Crippen molar-refractivity contribution < 1.29 is 14.6 Å². The second-order valence-corrected chi connectivity index (χ2v) is 6.64. The molecule has 0 bridgehead atoms. The average Bonchev–Trinajstić information content (AvgIpc) is 2.47. The van der Waals surface area contributed by atoms with Crippen molar-refractivity contribution in [3.05, 3.63) is 34.3 Å². The summed E-state index contributed by atoms with van der Waals surface area (Å²) in [4.78, 5) is 11.5. The molecule has 1 atom stereocenters. The molecule has 1 unspecified atom stereocenters. The van der Waals surface area contributed by atoms with Gasteiger partial charge in [-0.1, -0.05) is 28.1 Å². The van der Waals surface area contributed by atoms with E-state index in [4.69, 9.17) is 4.74 Å². The molecule has 1 aromatic rings. The van der Waals surface area contributed by atoms with Crippen LogP contribution in [0.1, 0.15) is 38.2 Å². The van der Waals surface area contributed by atoms with E-state index in [1.54, 1.807) is 0 Å². The summed E-state index contributed by atoms with van der Waals surface area (Å²) in [5, 5.41) is 10.9. The van der Waals surface area contributed by atoms with Crippen LogP contribution in [0.25, 0.3) is 0 Å². The van der Waals surface area contributed by atoms with Crippen LogP contribution in [0.4, 0.5) is 0 Å². The van der Waals surface area contributed by atoms with Crippen LogP contribution in [-0.4, -0.2) is 18.2 Å². The van der Waals surface area contributed by atoms with E-state index in [2.05, 4.69) is 15.9 Å². The number of hydrogen-bond donors (Lipinski definition) is 1. The first kappa shape index (κ1) is 15.5. The maximum atomic E-state index is 11.5. The van der Waals surface area contributed by atoms with Crippen LogP contribution in [-0.2, 0) is 15.1 Å². The Balaban J connectivity index is 2.05. The maximum Gasteiger partial charge on any atom is 0.308 e. The van der Waals surface area contributed by atoms with Gasteiger partial charge in [0.1, 0.15) is 0 Å². The van der Waals surface area contributed by atoms with E-state index < -0.39 is 5.60 Å². The molecule has 0 amide bonds. The van der Waals surface area contributed by atoms with E-state index in [0.29, 0.717) is 0 Å². The molecule has 1 saturated carbocycles. The Labute approximate surface area is 128 Å². The second-order valence-electron chi connectivity index (χ2n) is 5.73. The highest BCUT2D eigenvalue weighted by Crippen LogP contribution is 2.41. The Morgan fingerprint density at radius 1 is 1.25 bits per heavy atom. The van der Waals surface area contributed by atoms with E-state index in [-0.39, 0.29) is 17.8 Å². The van der Waals surface area contributed by atoms with Crippen LogP contribution in [0.3, 0.4) is 0 Å². The molecule has 2 rings (SSSR count). The molecule has 1 fully saturated rings. The second kappa shape index (κ2) is 6.27. The fourth-order valence-electron chi connectivity index (χ4n) is 3.08. The first-order chi connectivity index (χ1) is 9.45. The Hall–Kier alpha value is -0.870. The lowest BCUT2D eigenvalue weighted by molar-refractivity contribution is -0.147. The number of halogens is 1. The van der Waals surface area contributed by atoms with Gasteiger partial charge in [-0.25, -0.2) is 0 Å². The molecule has 4 heteroatoms. The topological polar surface area (TPSA) is 46.5 Å². The van der Waals surface area contributed by atoms with Gasteiger partial charge in [0.05, 0.1) is 18.6 Å². The van der Waals surface area contributed by atoms with Gasteiger partial charge in [-0.2, -0.15) is 0 Å². The molecule has 0 saturated heterocycles. The van der Waals surface area contributed by atoms with Crippen molar-refractivity contribution in [3.8, 4) is 0 Å². The summed E-state index contributed by atoms with van der Waals surface area (Å²) in [6, 6.07) is 7.81.